The molecule has 13 heavy (non-hydrogen) atoms. The fraction of sp³-hybridized carbons (Fsp3) is 0.750. The molecule has 1 saturated heterocycles. The van der Waals surface area contributed by atoms with Gasteiger partial charge in [-0.1, -0.05) is 0 Å². The van der Waals surface area contributed by atoms with Gasteiger partial charge < -0.3 is 14.2 Å². The van der Waals surface area contributed by atoms with E-state index >= 15 is 0 Å². The van der Waals surface area contributed by atoms with Crippen molar-refractivity contribution in [3.8, 4) is 0 Å². The van der Waals surface area contributed by atoms with Crippen molar-refractivity contribution in [1.29, 1.82) is 0 Å². The molecular weight excluding hydrogens is 176 g/mol. The lowest BCUT2D eigenvalue weighted by Gasteiger charge is -2.16. The van der Waals surface area contributed by atoms with Gasteiger partial charge in [0.05, 0.1) is 13.2 Å². The molecule has 0 aromatic heterocycles. The highest BCUT2D eigenvalue weighted by Gasteiger charge is 2.33. The van der Waals surface area contributed by atoms with E-state index in [1.807, 2.05) is 0 Å². The molecule has 5 heteroatoms. The zero-order valence-electron chi connectivity index (χ0n) is 7.61. The van der Waals surface area contributed by atoms with Gasteiger partial charge in [0.2, 0.25) is 0 Å². The molecule has 1 heterocycles. The molecule has 0 aromatic carbocycles. The van der Waals surface area contributed by atoms with Gasteiger partial charge in [-0.05, 0) is 0 Å². The van der Waals surface area contributed by atoms with E-state index in [4.69, 9.17) is 14.2 Å². The second-order valence-corrected chi connectivity index (χ2v) is 2.83. The Kier molecular flexibility index (Phi) is 3.25. The number of carbonyl (C=O) groups excluding carboxylic acids is 2. The molecule has 74 valence electrons. The normalized spacial score (nSPS) is 26.9. The summed E-state index contributed by atoms with van der Waals surface area (Å²) in [6, 6.07) is 0. The summed E-state index contributed by atoms with van der Waals surface area (Å²) in [6.07, 6.45) is -0.914. The van der Waals surface area contributed by atoms with E-state index in [2.05, 4.69) is 0 Å². The van der Waals surface area contributed by atoms with E-state index in [-0.39, 0.29) is 13.2 Å². The van der Waals surface area contributed by atoms with Gasteiger partial charge >= 0.3 is 11.9 Å². The molecule has 0 aliphatic carbocycles. The van der Waals surface area contributed by atoms with Gasteiger partial charge in [-0.2, -0.15) is 0 Å². The first-order chi connectivity index (χ1) is 6.09. The van der Waals surface area contributed by atoms with Crippen LogP contribution in [0, 0.1) is 0 Å². The zero-order chi connectivity index (χ0) is 9.84. The Morgan fingerprint density at radius 1 is 1.08 bits per heavy atom. The van der Waals surface area contributed by atoms with Crippen LogP contribution in [0.2, 0.25) is 0 Å². The highest BCUT2D eigenvalue weighted by molar-refractivity contribution is 5.67. The fourth-order valence-corrected chi connectivity index (χ4v) is 1.16. The van der Waals surface area contributed by atoms with Crippen molar-refractivity contribution in [2.45, 2.75) is 26.1 Å². The van der Waals surface area contributed by atoms with Crippen molar-refractivity contribution < 1.29 is 23.8 Å². The van der Waals surface area contributed by atoms with Crippen LogP contribution >= 0.6 is 0 Å². The van der Waals surface area contributed by atoms with E-state index in [1.54, 1.807) is 0 Å². The third kappa shape index (κ3) is 3.02. The van der Waals surface area contributed by atoms with Gasteiger partial charge in [-0.25, -0.2) is 0 Å². The van der Waals surface area contributed by atoms with Crippen LogP contribution in [0.25, 0.3) is 0 Å². The van der Waals surface area contributed by atoms with Gasteiger partial charge in [-0.3, -0.25) is 9.59 Å². The molecule has 2 atom stereocenters. The maximum atomic E-state index is 10.6. The van der Waals surface area contributed by atoms with Crippen LogP contribution in [0.4, 0.5) is 0 Å². The standard InChI is InChI=1S/C8H12O5/c1-5(9)12-7-3-11-4-8(7)13-6(2)10/h7-8H,3-4H2,1-2H3. The van der Waals surface area contributed by atoms with Crippen LogP contribution in [0.1, 0.15) is 13.8 Å². The summed E-state index contributed by atoms with van der Waals surface area (Å²) < 4.78 is 14.8. The van der Waals surface area contributed by atoms with Crippen LogP contribution in [0.3, 0.4) is 0 Å². The summed E-state index contributed by atoms with van der Waals surface area (Å²) >= 11 is 0. The third-order valence-corrected chi connectivity index (χ3v) is 1.61. The zero-order valence-corrected chi connectivity index (χ0v) is 7.61. The summed E-state index contributed by atoms with van der Waals surface area (Å²) in [6.45, 7) is 3.20. The Balaban J connectivity index is 2.43. The van der Waals surface area contributed by atoms with Crippen LogP contribution < -0.4 is 0 Å². The molecule has 0 bridgehead atoms. The first kappa shape index (κ1) is 9.98. The van der Waals surface area contributed by atoms with E-state index in [0.29, 0.717) is 0 Å². The first-order valence-electron chi connectivity index (χ1n) is 4.02. The van der Waals surface area contributed by atoms with Gasteiger partial charge in [0, 0.05) is 13.8 Å². The average Bonchev–Trinajstić information content (AvgIpc) is 2.34. The van der Waals surface area contributed by atoms with E-state index in [1.165, 1.54) is 13.8 Å². The highest BCUT2D eigenvalue weighted by atomic mass is 16.6. The summed E-state index contributed by atoms with van der Waals surface area (Å²) in [7, 11) is 0. The number of esters is 2. The molecule has 0 aromatic rings. The topological polar surface area (TPSA) is 61.8 Å². The summed E-state index contributed by atoms with van der Waals surface area (Å²) in [5.74, 6) is -0.791. The van der Waals surface area contributed by atoms with Crippen LogP contribution in [0.15, 0.2) is 0 Å². The molecule has 1 fully saturated rings. The first-order valence-corrected chi connectivity index (χ1v) is 4.02. The highest BCUT2D eigenvalue weighted by Crippen LogP contribution is 2.13. The number of carbonyl (C=O) groups is 2. The van der Waals surface area contributed by atoms with Gasteiger partial charge in [0.1, 0.15) is 0 Å². The van der Waals surface area contributed by atoms with Crippen LogP contribution in [0.5, 0.6) is 0 Å². The number of rotatable bonds is 2. The Bertz CT molecular complexity index is 191. The van der Waals surface area contributed by atoms with E-state index in [9.17, 15) is 9.59 Å². The van der Waals surface area contributed by atoms with Crippen molar-refractivity contribution in [3.63, 3.8) is 0 Å². The van der Waals surface area contributed by atoms with Crippen LogP contribution in [-0.2, 0) is 23.8 Å². The average molecular weight is 188 g/mol. The van der Waals surface area contributed by atoms with Gasteiger partial charge in [0.25, 0.3) is 0 Å². The Labute approximate surface area is 76.0 Å². The van der Waals surface area contributed by atoms with Crippen molar-refractivity contribution in [2.75, 3.05) is 13.2 Å². The lowest BCUT2D eigenvalue weighted by atomic mass is 10.2. The molecule has 1 aliphatic heterocycles. The Morgan fingerprint density at radius 3 is 1.77 bits per heavy atom. The van der Waals surface area contributed by atoms with Gasteiger partial charge in [-0.15, -0.1) is 0 Å². The lowest BCUT2D eigenvalue weighted by molar-refractivity contribution is -0.160. The second kappa shape index (κ2) is 4.23. The molecule has 1 aliphatic rings. The SMILES string of the molecule is CC(=O)OC1COCC1OC(C)=O. The molecule has 0 spiro atoms. The molecular formula is C8H12O5. The lowest BCUT2D eigenvalue weighted by Crippen LogP contribution is -2.32. The second-order valence-electron chi connectivity index (χ2n) is 2.83. The summed E-state index contributed by atoms with van der Waals surface area (Å²) in [5, 5.41) is 0. The molecule has 0 saturated carbocycles. The Morgan fingerprint density at radius 2 is 1.46 bits per heavy atom. The molecule has 2 unspecified atom stereocenters. The molecule has 1 rings (SSSR count). The predicted molar refractivity (Wildman–Crippen MR) is 41.9 cm³/mol. The quantitative estimate of drug-likeness (QED) is 0.565. The van der Waals surface area contributed by atoms with E-state index < -0.39 is 24.1 Å². The van der Waals surface area contributed by atoms with Crippen molar-refractivity contribution in [3.05, 3.63) is 0 Å². The van der Waals surface area contributed by atoms with Crippen molar-refractivity contribution >= 4 is 11.9 Å². The largest absolute Gasteiger partial charge is 0.456 e. The summed E-state index contributed by atoms with van der Waals surface area (Å²) in [5.41, 5.74) is 0. The predicted octanol–water partition coefficient (Wildman–Crippen LogP) is -0.120. The number of ether oxygens (including phenoxy) is 3. The monoisotopic (exact) mass is 188 g/mol. The molecule has 5 nitrogen and oxygen atoms in total. The minimum atomic E-state index is -0.457. The minimum absolute atomic E-state index is 0.289. The fourth-order valence-electron chi connectivity index (χ4n) is 1.16. The maximum Gasteiger partial charge on any atom is 0.303 e. The number of hydrogen-bond acceptors (Lipinski definition) is 5. The molecule has 0 radical (unpaired) electrons. The van der Waals surface area contributed by atoms with E-state index in [0.717, 1.165) is 0 Å². The number of hydrogen-bond donors (Lipinski definition) is 0. The van der Waals surface area contributed by atoms with Crippen molar-refractivity contribution in [2.24, 2.45) is 0 Å². The maximum absolute atomic E-state index is 10.6. The molecule has 0 amide bonds. The molecule has 0 N–H and O–H groups in total. The van der Waals surface area contributed by atoms with Gasteiger partial charge in [0.15, 0.2) is 12.2 Å². The van der Waals surface area contributed by atoms with Crippen LogP contribution in [-0.4, -0.2) is 37.4 Å². The minimum Gasteiger partial charge on any atom is -0.456 e. The Hall–Kier alpha value is -1.10. The smallest absolute Gasteiger partial charge is 0.303 e. The van der Waals surface area contributed by atoms with Crippen molar-refractivity contribution in [1.82, 2.24) is 0 Å². The summed E-state index contributed by atoms with van der Waals surface area (Å²) in [4.78, 5) is 21.2. The third-order valence-electron chi connectivity index (χ3n) is 1.61.